The predicted octanol–water partition coefficient (Wildman–Crippen LogP) is 3.05. The molecule has 0 atom stereocenters. The molecule has 0 unspecified atom stereocenters. The SMILES string of the molecule is CCc1c(C)sc2nc(CC(=O)Nc3ccccc3OC)[nH]c(=O)c12. The minimum absolute atomic E-state index is 0.0123. The Bertz CT molecular complexity index is 991. The summed E-state index contributed by atoms with van der Waals surface area (Å²) >= 11 is 1.49. The molecular formula is C18H19N3O3S. The van der Waals surface area contributed by atoms with Crippen LogP contribution in [0.1, 0.15) is 23.2 Å². The average molecular weight is 357 g/mol. The van der Waals surface area contributed by atoms with E-state index < -0.39 is 0 Å². The van der Waals surface area contributed by atoms with Gasteiger partial charge in [0.25, 0.3) is 5.56 Å². The van der Waals surface area contributed by atoms with Crippen LogP contribution in [0.2, 0.25) is 0 Å². The topological polar surface area (TPSA) is 84.1 Å². The van der Waals surface area contributed by atoms with Crippen LogP contribution >= 0.6 is 11.3 Å². The Balaban J connectivity index is 1.85. The maximum Gasteiger partial charge on any atom is 0.259 e. The molecule has 0 spiro atoms. The molecule has 130 valence electrons. The number of aromatic amines is 1. The van der Waals surface area contributed by atoms with E-state index in [0.717, 1.165) is 16.9 Å². The number of methoxy groups -OCH3 is 1. The number of fused-ring (bicyclic) bond motifs is 1. The fraction of sp³-hybridized carbons (Fsp3) is 0.278. The molecule has 2 aromatic heterocycles. The molecule has 3 rings (SSSR count). The number of aryl methyl sites for hydroxylation is 2. The van der Waals surface area contributed by atoms with Crippen LogP contribution in [0.5, 0.6) is 5.75 Å². The van der Waals surface area contributed by atoms with Crippen LogP contribution in [0, 0.1) is 6.92 Å². The Kier molecular flexibility index (Phi) is 4.85. The lowest BCUT2D eigenvalue weighted by molar-refractivity contribution is -0.115. The van der Waals surface area contributed by atoms with Crippen LogP contribution in [-0.4, -0.2) is 23.0 Å². The maximum absolute atomic E-state index is 12.4. The highest BCUT2D eigenvalue weighted by Gasteiger charge is 2.15. The van der Waals surface area contributed by atoms with Crippen molar-refractivity contribution in [3.8, 4) is 5.75 Å². The van der Waals surface area contributed by atoms with Gasteiger partial charge in [-0.1, -0.05) is 19.1 Å². The number of anilines is 1. The number of nitrogens with one attached hydrogen (secondary N) is 2. The molecule has 0 bridgehead atoms. The molecule has 0 fully saturated rings. The van der Waals surface area contributed by atoms with Crippen LogP contribution in [0.15, 0.2) is 29.1 Å². The molecule has 0 aliphatic rings. The van der Waals surface area contributed by atoms with E-state index in [1.165, 1.54) is 11.3 Å². The first kappa shape index (κ1) is 17.2. The Labute approximate surface area is 148 Å². The summed E-state index contributed by atoms with van der Waals surface area (Å²) in [7, 11) is 1.54. The Morgan fingerprint density at radius 1 is 1.36 bits per heavy atom. The number of carbonyl (C=O) groups excluding carboxylic acids is 1. The van der Waals surface area contributed by atoms with Crippen molar-refractivity contribution in [3.05, 3.63) is 50.9 Å². The largest absolute Gasteiger partial charge is 0.495 e. The van der Waals surface area contributed by atoms with E-state index in [-0.39, 0.29) is 17.9 Å². The van der Waals surface area contributed by atoms with E-state index in [1.54, 1.807) is 19.2 Å². The summed E-state index contributed by atoms with van der Waals surface area (Å²) in [5, 5.41) is 3.42. The van der Waals surface area contributed by atoms with E-state index in [4.69, 9.17) is 4.74 Å². The van der Waals surface area contributed by atoms with E-state index in [0.29, 0.717) is 27.5 Å². The van der Waals surface area contributed by atoms with Crippen LogP contribution in [-0.2, 0) is 17.6 Å². The number of carbonyl (C=O) groups is 1. The number of nitrogens with zero attached hydrogens (tertiary/aromatic N) is 1. The molecular weight excluding hydrogens is 338 g/mol. The molecule has 2 heterocycles. The number of aromatic nitrogens is 2. The van der Waals surface area contributed by atoms with E-state index in [2.05, 4.69) is 15.3 Å². The second-order valence-corrected chi connectivity index (χ2v) is 6.81. The summed E-state index contributed by atoms with van der Waals surface area (Å²) in [4.78, 5) is 33.7. The van der Waals surface area contributed by atoms with E-state index in [1.807, 2.05) is 26.0 Å². The summed E-state index contributed by atoms with van der Waals surface area (Å²) in [6, 6.07) is 7.16. The first-order chi connectivity index (χ1) is 12.0. The third-order valence-electron chi connectivity index (χ3n) is 3.97. The smallest absolute Gasteiger partial charge is 0.259 e. The molecule has 3 aromatic rings. The Hall–Kier alpha value is -2.67. The zero-order valence-corrected chi connectivity index (χ0v) is 15.1. The fourth-order valence-electron chi connectivity index (χ4n) is 2.82. The fourth-order valence-corrected chi connectivity index (χ4v) is 3.96. The lowest BCUT2D eigenvalue weighted by Gasteiger charge is -2.09. The summed E-state index contributed by atoms with van der Waals surface area (Å²) < 4.78 is 5.21. The van der Waals surface area contributed by atoms with Gasteiger partial charge in [0.1, 0.15) is 16.4 Å². The lowest BCUT2D eigenvalue weighted by Crippen LogP contribution is -2.20. The molecule has 7 heteroatoms. The van der Waals surface area contributed by atoms with Crippen molar-refractivity contribution in [2.45, 2.75) is 26.7 Å². The molecule has 0 aliphatic heterocycles. The Morgan fingerprint density at radius 2 is 2.12 bits per heavy atom. The van der Waals surface area contributed by atoms with Gasteiger partial charge in [-0.05, 0) is 31.0 Å². The minimum Gasteiger partial charge on any atom is -0.495 e. The Morgan fingerprint density at radius 3 is 2.84 bits per heavy atom. The summed E-state index contributed by atoms with van der Waals surface area (Å²) in [6.45, 7) is 4.00. The maximum atomic E-state index is 12.4. The highest BCUT2D eigenvalue weighted by molar-refractivity contribution is 7.18. The highest BCUT2D eigenvalue weighted by atomic mass is 32.1. The van der Waals surface area contributed by atoms with Gasteiger partial charge in [-0.25, -0.2) is 4.98 Å². The van der Waals surface area contributed by atoms with Crippen molar-refractivity contribution in [3.63, 3.8) is 0 Å². The second-order valence-electron chi connectivity index (χ2n) is 5.61. The quantitative estimate of drug-likeness (QED) is 0.735. The monoisotopic (exact) mass is 357 g/mol. The van der Waals surface area contributed by atoms with Gasteiger partial charge >= 0.3 is 0 Å². The molecule has 1 amide bonds. The van der Waals surface area contributed by atoms with Gasteiger partial charge in [-0.2, -0.15) is 0 Å². The van der Waals surface area contributed by atoms with Crippen molar-refractivity contribution in [2.75, 3.05) is 12.4 Å². The van der Waals surface area contributed by atoms with Gasteiger partial charge in [-0.15, -0.1) is 11.3 Å². The predicted molar refractivity (Wildman–Crippen MR) is 99.7 cm³/mol. The number of amides is 1. The number of hydrogen-bond acceptors (Lipinski definition) is 5. The third-order valence-corrected chi connectivity index (χ3v) is 5.02. The standard InChI is InChI=1S/C18H19N3O3S/c1-4-11-10(2)25-18-16(11)17(23)20-14(21-18)9-15(22)19-12-7-5-6-8-13(12)24-3/h5-8H,4,9H2,1-3H3,(H,19,22)(H,20,21,23). The number of ether oxygens (including phenoxy) is 1. The number of para-hydroxylation sites is 2. The molecule has 25 heavy (non-hydrogen) atoms. The van der Waals surface area contributed by atoms with Crippen LogP contribution in [0.25, 0.3) is 10.2 Å². The van der Waals surface area contributed by atoms with E-state index >= 15 is 0 Å². The van der Waals surface area contributed by atoms with Crippen LogP contribution in [0.3, 0.4) is 0 Å². The van der Waals surface area contributed by atoms with Gasteiger partial charge < -0.3 is 15.0 Å². The average Bonchev–Trinajstić information content (AvgIpc) is 2.90. The zero-order valence-electron chi connectivity index (χ0n) is 14.3. The highest BCUT2D eigenvalue weighted by Crippen LogP contribution is 2.27. The second kappa shape index (κ2) is 7.06. The summed E-state index contributed by atoms with van der Waals surface area (Å²) in [6.07, 6.45) is 0.770. The number of thiophene rings is 1. The molecule has 1 aromatic carbocycles. The molecule has 0 saturated heterocycles. The molecule has 0 aliphatic carbocycles. The van der Waals surface area contributed by atoms with Crippen molar-refractivity contribution in [1.82, 2.24) is 9.97 Å². The normalized spacial score (nSPS) is 10.8. The van der Waals surface area contributed by atoms with E-state index in [9.17, 15) is 9.59 Å². The van der Waals surface area contributed by atoms with Gasteiger partial charge in [0, 0.05) is 4.88 Å². The molecule has 0 radical (unpaired) electrons. The van der Waals surface area contributed by atoms with Gasteiger partial charge in [0.15, 0.2) is 0 Å². The van der Waals surface area contributed by atoms with Crippen molar-refractivity contribution < 1.29 is 9.53 Å². The molecule has 2 N–H and O–H groups in total. The van der Waals surface area contributed by atoms with Gasteiger partial charge in [0.05, 0.1) is 24.6 Å². The zero-order chi connectivity index (χ0) is 18.0. The minimum atomic E-state index is -0.268. The third kappa shape index (κ3) is 3.41. The number of H-pyrrole nitrogens is 1. The summed E-state index contributed by atoms with van der Waals surface area (Å²) in [5.41, 5.74) is 1.42. The molecule has 0 saturated carbocycles. The molecule has 6 nitrogen and oxygen atoms in total. The first-order valence-electron chi connectivity index (χ1n) is 7.97. The van der Waals surface area contributed by atoms with Gasteiger partial charge in [0.2, 0.25) is 5.91 Å². The lowest BCUT2D eigenvalue weighted by atomic mass is 10.1. The number of hydrogen-bond donors (Lipinski definition) is 2. The van der Waals surface area contributed by atoms with Crippen LogP contribution < -0.4 is 15.6 Å². The van der Waals surface area contributed by atoms with Crippen molar-refractivity contribution in [2.24, 2.45) is 0 Å². The van der Waals surface area contributed by atoms with Crippen molar-refractivity contribution in [1.29, 1.82) is 0 Å². The number of rotatable bonds is 5. The van der Waals surface area contributed by atoms with Crippen molar-refractivity contribution >= 4 is 33.1 Å². The number of benzene rings is 1. The first-order valence-corrected chi connectivity index (χ1v) is 8.79. The van der Waals surface area contributed by atoms with Crippen LogP contribution in [0.4, 0.5) is 5.69 Å². The van der Waals surface area contributed by atoms with Gasteiger partial charge in [-0.3, -0.25) is 9.59 Å². The summed E-state index contributed by atoms with van der Waals surface area (Å²) in [5.74, 6) is 0.666.